The van der Waals surface area contributed by atoms with Gasteiger partial charge in [-0.05, 0) is 47.0 Å². The molecule has 0 atom stereocenters. The van der Waals surface area contributed by atoms with Crippen molar-refractivity contribution in [2.45, 2.75) is 13.5 Å². The zero-order chi connectivity index (χ0) is 12.3. The average Bonchev–Trinajstić information content (AvgIpc) is 2.78. The maximum Gasteiger partial charge on any atom is 0.339 e. The van der Waals surface area contributed by atoms with Crippen LogP contribution in [0.1, 0.15) is 21.5 Å². The normalized spacial score (nSPS) is 10.2. The Morgan fingerprint density at radius 1 is 1.41 bits per heavy atom. The van der Waals surface area contributed by atoms with Crippen molar-refractivity contribution in [3.63, 3.8) is 0 Å². The lowest BCUT2D eigenvalue weighted by Crippen LogP contribution is -2.03. The van der Waals surface area contributed by atoms with Crippen LogP contribution in [-0.2, 0) is 6.61 Å². The number of aromatic carboxylic acids is 1. The minimum Gasteiger partial charge on any atom is -0.488 e. The Balaban J connectivity index is 2.19. The van der Waals surface area contributed by atoms with Gasteiger partial charge in [0, 0.05) is 0 Å². The van der Waals surface area contributed by atoms with Crippen molar-refractivity contribution in [2.24, 2.45) is 0 Å². The molecule has 1 aromatic carbocycles. The van der Waals surface area contributed by atoms with Crippen molar-refractivity contribution in [1.82, 2.24) is 0 Å². The van der Waals surface area contributed by atoms with Crippen molar-refractivity contribution in [1.29, 1.82) is 0 Å². The summed E-state index contributed by atoms with van der Waals surface area (Å²) in [4.78, 5) is 11.0. The second-order valence-corrected chi connectivity index (χ2v) is 4.51. The van der Waals surface area contributed by atoms with Crippen LogP contribution in [0.25, 0.3) is 0 Å². The SMILES string of the molecule is Cc1ccc(C(=O)O)c(OCc2ccsc2)c1. The molecule has 1 N–H and O–H groups in total. The summed E-state index contributed by atoms with van der Waals surface area (Å²) in [5.41, 5.74) is 2.23. The zero-order valence-electron chi connectivity index (χ0n) is 9.34. The Labute approximate surface area is 103 Å². The molecule has 1 aromatic heterocycles. The van der Waals surface area contributed by atoms with E-state index < -0.39 is 5.97 Å². The van der Waals surface area contributed by atoms with E-state index in [1.807, 2.05) is 23.8 Å². The predicted octanol–water partition coefficient (Wildman–Crippen LogP) is 3.33. The van der Waals surface area contributed by atoms with E-state index in [0.717, 1.165) is 11.1 Å². The van der Waals surface area contributed by atoms with E-state index in [1.165, 1.54) is 0 Å². The van der Waals surface area contributed by atoms with Crippen LogP contribution in [0.4, 0.5) is 0 Å². The summed E-state index contributed by atoms with van der Waals surface area (Å²) < 4.78 is 5.55. The fourth-order valence-corrected chi connectivity index (χ4v) is 2.11. The highest BCUT2D eigenvalue weighted by molar-refractivity contribution is 7.07. The lowest BCUT2D eigenvalue weighted by Gasteiger charge is -2.09. The molecular weight excluding hydrogens is 236 g/mol. The average molecular weight is 248 g/mol. The standard InChI is InChI=1S/C13H12O3S/c1-9-2-3-11(13(14)15)12(6-9)16-7-10-4-5-17-8-10/h2-6,8H,7H2,1H3,(H,14,15). The molecule has 0 spiro atoms. The molecule has 0 aliphatic heterocycles. The zero-order valence-corrected chi connectivity index (χ0v) is 10.2. The van der Waals surface area contributed by atoms with Gasteiger partial charge in [-0.15, -0.1) is 0 Å². The second-order valence-electron chi connectivity index (χ2n) is 3.73. The summed E-state index contributed by atoms with van der Waals surface area (Å²) in [5.74, 6) is -0.547. The van der Waals surface area contributed by atoms with Gasteiger partial charge in [0.1, 0.15) is 17.9 Å². The number of carbonyl (C=O) groups is 1. The smallest absolute Gasteiger partial charge is 0.339 e. The van der Waals surface area contributed by atoms with E-state index in [4.69, 9.17) is 9.84 Å². The van der Waals surface area contributed by atoms with Crippen molar-refractivity contribution < 1.29 is 14.6 Å². The third-order valence-corrected chi connectivity index (χ3v) is 3.07. The largest absolute Gasteiger partial charge is 0.488 e. The molecule has 0 unspecified atom stereocenters. The van der Waals surface area contributed by atoms with Crippen LogP contribution in [-0.4, -0.2) is 11.1 Å². The molecule has 0 saturated heterocycles. The highest BCUT2D eigenvalue weighted by Gasteiger charge is 2.11. The molecule has 0 aliphatic rings. The molecule has 0 fully saturated rings. The highest BCUT2D eigenvalue weighted by Crippen LogP contribution is 2.22. The summed E-state index contributed by atoms with van der Waals surface area (Å²) >= 11 is 1.59. The number of rotatable bonds is 4. The molecule has 2 aromatic rings. The van der Waals surface area contributed by atoms with Crippen LogP contribution in [0.3, 0.4) is 0 Å². The van der Waals surface area contributed by atoms with E-state index in [2.05, 4.69) is 0 Å². The number of ether oxygens (including phenoxy) is 1. The van der Waals surface area contributed by atoms with Gasteiger partial charge in [-0.25, -0.2) is 4.79 Å². The summed E-state index contributed by atoms with van der Waals surface area (Å²) in [6.07, 6.45) is 0. The topological polar surface area (TPSA) is 46.5 Å². The van der Waals surface area contributed by atoms with Crippen molar-refractivity contribution >= 4 is 17.3 Å². The van der Waals surface area contributed by atoms with Crippen LogP contribution in [0.5, 0.6) is 5.75 Å². The van der Waals surface area contributed by atoms with Gasteiger partial charge in [-0.1, -0.05) is 6.07 Å². The van der Waals surface area contributed by atoms with Gasteiger partial charge >= 0.3 is 5.97 Å². The fraction of sp³-hybridized carbons (Fsp3) is 0.154. The predicted molar refractivity (Wildman–Crippen MR) is 66.8 cm³/mol. The van der Waals surface area contributed by atoms with Crippen molar-refractivity contribution in [3.05, 3.63) is 51.7 Å². The molecule has 0 aliphatic carbocycles. The minimum atomic E-state index is -0.967. The van der Waals surface area contributed by atoms with Crippen LogP contribution in [0.2, 0.25) is 0 Å². The summed E-state index contributed by atoms with van der Waals surface area (Å²) in [5, 5.41) is 13.0. The Morgan fingerprint density at radius 3 is 2.88 bits per heavy atom. The minimum absolute atomic E-state index is 0.200. The van der Waals surface area contributed by atoms with Crippen molar-refractivity contribution in [3.8, 4) is 5.75 Å². The van der Waals surface area contributed by atoms with E-state index in [-0.39, 0.29) is 5.56 Å². The Hall–Kier alpha value is -1.81. The third kappa shape index (κ3) is 2.85. The summed E-state index contributed by atoms with van der Waals surface area (Å²) in [6, 6.07) is 7.04. The first-order valence-corrected chi connectivity index (χ1v) is 6.09. The van der Waals surface area contributed by atoms with E-state index in [1.54, 1.807) is 29.5 Å². The number of hydrogen-bond acceptors (Lipinski definition) is 3. The molecule has 88 valence electrons. The molecule has 0 saturated carbocycles. The summed E-state index contributed by atoms with van der Waals surface area (Å²) in [7, 11) is 0. The van der Waals surface area contributed by atoms with E-state index in [0.29, 0.717) is 12.4 Å². The van der Waals surface area contributed by atoms with Gasteiger partial charge in [0.15, 0.2) is 0 Å². The first-order chi connectivity index (χ1) is 8.16. The van der Waals surface area contributed by atoms with Gasteiger partial charge < -0.3 is 9.84 Å². The van der Waals surface area contributed by atoms with Gasteiger partial charge in [-0.2, -0.15) is 11.3 Å². The van der Waals surface area contributed by atoms with Gasteiger partial charge in [0.25, 0.3) is 0 Å². The molecule has 2 rings (SSSR count). The number of thiophene rings is 1. The molecule has 0 bridgehead atoms. The monoisotopic (exact) mass is 248 g/mol. The quantitative estimate of drug-likeness (QED) is 0.902. The van der Waals surface area contributed by atoms with Crippen LogP contribution in [0.15, 0.2) is 35.0 Å². The molecule has 4 heteroatoms. The first-order valence-electron chi connectivity index (χ1n) is 5.14. The highest BCUT2D eigenvalue weighted by atomic mass is 32.1. The van der Waals surface area contributed by atoms with Gasteiger partial charge in [-0.3, -0.25) is 0 Å². The van der Waals surface area contributed by atoms with Crippen LogP contribution >= 0.6 is 11.3 Å². The number of hydrogen-bond donors (Lipinski definition) is 1. The second kappa shape index (κ2) is 5.01. The number of benzene rings is 1. The number of carboxylic acid groups (broad SMARTS) is 1. The lowest BCUT2D eigenvalue weighted by atomic mass is 10.1. The number of aryl methyl sites for hydroxylation is 1. The molecule has 1 heterocycles. The number of carboxylic acids is 1. The molecular formula is C13H12O3S. The first kappa shape index (κ1) is 11.7. The van der Waals surface area contributed by atoms with Gasteiger partial charge in [0.05, 0.1) is 0 Å². The van der Waals surface area contributed by atoms with Crippen LogP contribution in [0, 0.1) is 6.92 Å². The van der Waals surface area contributed by atoms with Gasteiger partial charge in [0.2, 0.25) is 0 Å². The Morgan fingerprint density at radius 2 is 2.24 bits per heavy atom. The molecule has 0 amide bonds. The summed E-state index contributed by atoms with van der Waals surface area (Å²) in [6.45, 7) is 2.30. The molecule has 0 radical (unpaired) electrons. The Bertz CT molecular complexity index is 517. The maximum absolute atomic E-state index is 11.0. The Kier molecular flexibility index (Phi) is 3.44. The van der Waals surface area contributed by atoms with E-state index in [9.17, 15) is 4.79 Å². The maximum atomic E-state index is 11.0. The fourth-order valence-electron chi connectivity index (χ4n) is 1.46. The molecule has 17 heavy (non-hydrogen) atoms. The third-order valence-electron chi connectivity index (χ3n) is 2.34. The lowest BCUT2D eigenvalue weighted by molar-refractivity contribution is 0.0692. The van der Waals surface area contributed by atoms with Crippen molar-refractivity contribution in [2.75, 3.05) is 0 Å². The molecule has 3 nitrogen and oxygen atoms in total. The van der Waals surface area contributed by atoms with Crippen LogP contribution < -0.4 is 4.74 Å². The van der Waals surface area contributed by atoms with E-state index >= 15 is 0 Å².